The lowest BCUT2D eigenvalue weighted by atomic mass is 9.98. The van der Waals surface area contributed by atoms with Crippen molar-refractivity contribution in [3.63, 3.8) is 0 Å². The third kappa shape index (κ3) is 2.75. The Morgan fingerprint density at radius 2 is 2.17 bits per heavy atom. The zero-order chi connectivity index (χ0) is 16.8. The highest BCUT2D eigenvalue weighted by Gasteiger charge is 2.52. The predicted octanol–water partition coefficient (Wildman–Crippen LogP) is 3.51. The summed E-state index contributed by atoms with van der Waals surface area (Å²) in [6.45, 7) is 8.33. The number of anilines is 1. The second-order valence-electron chi connectivity index (χ2n) is 6.95. The van der Waals surface area contributed by atoms with E-state index in [1.54, 1.807) is 16.7 Å². The Bertz CT molecular complexity index is 658. The molecule has 124 valence electrons. The quantitative estimate of drug-likeness (QED) is 0.921. The van der Waals surface area contributed by atoms with Crippen molar-refractivity contribution in [2.45, 2.75) is 57.4 Å². The summed E-state index contributed by atoms with van der Waals surface area (Å²) in [5.41, 5.74) is 3.10. The Hall–Kier alpha value is -1.49. The lowest BCUT2D eigenvalue weighted by molar-refractivity contribution is -0.135. The average Bonchev–Trinajstić information content (AvgIpc) is 2.98. The van der Waals surface area contributed by atoms with Crippen molar-refractivity contribution in [1.82, 2.24) is 4.90 Å². The van der Waals surface area contributed by atoms with Crippen molar-refractivity contribution in [3.05, 3.63) is 29.3 Å². The molecule has 1 aromatic rings. The van der Waals surface area contributed by atoms with E-state index in [9.17, 15) is 9.59 Å². The van der Waals surface area contributed by atoms with Crippen LogP contribution in [0.15, 0.2) is 18.2 Å². The Kier molecular flexibility index (Phi) is 4.17. The maximum absolute atomic E-state index is 12.9. The third-order valence-electron chi connectivity index (χ3n) is 4.92. The number of hydrogen-bond donors (Lipinski definition) is 1. The molecule has 0 aliphatic carbocycles. The monoisotopic (exact) mass is 332 g/mol. The number of carbonyl (C=O) groups is 2. The fourth-order valence-corrected chi connectivity index (χ4v) is 5.00. The van der Waals surface area contributed by atoms with Crippen LogP contribution in [0.25, 0.3) is 0 Å². The summed E-state index contributed by atoms with van der Waals surface area (Å²) in [5, 5.41) is 3.11. The second-order valence-corrected chi connectivity index (χ2v) is 8.45. The minimum Gasteiger partial charge on any atom is -0.324 e. The lowest BCUT2D eigenvalue weighted by Crippen LogP contribution is -2.48. The van der Waals surface area contributed by atoms with Crippen LogP contribution in [-0.2, 0) is 9.59 Å². The molecule has 0 unspecified atom stereocenters. The van der Waals surface area contributed by atoms with E-state index in [1.807, 2.05) is 19.1 Å². The Morgan fingerprint density at radius 1 is 1.43 bits per heavy atom. The van der Waals surface area contributed by atoms with Crippen LogP contribution in [-0.4, -0.2) is 33.4 Å². The molecule has 2 saturated heterocycles. The molecule has 2 aliphatic heterocycles. The Morgan fingerprint density at radius 3 is 2.87 bits per heavy atom. The summed E-state index contributed by atoms with van der Waals surface area (Å²) >= 11 is 1.72. The molecule has 0 radical (unpaired) electrons. The van der Waals surface area contributed by atoms with Gasteiger partial charge in [-0.1, -0.05) is 32.0 Å². The van der Waals surface area contributed by atoms with Crippen molar-refractivity contribution in [2.75, 3.05) is 11.1 Å². The topological polar surface area (TPSA) is 49.4 Å². The van der Waals surface area contributed by atoms with Gasteiger partial charge in [0.25, 0.3) is 0 Å². The largest absolute Gasteiger partial charge is 0.324 e. The van der Waals surface area contributed by atoms with Crippen LogP contribution in [0.1, 0.15) is 50.7 Å². The molecule has 5 heteroatoms. The van der Waals surface area contributed by atoms with Gasteiger partial charge in [0.15, 0.2) is 0 Å². The molecular weight excluding hydrogens is 308 g/mol. The number of para-hydroxylation sites is 1. The minimum absolute atomic E-state index is 0.0623. The second kappa shape index (κ2) is 5.86. The van der Waals surface area contributed by atoms with E-state index in [1.165, 1.54) is 0 Å². The van der Waals surface area contributed by atoms with E-state index in [0.717, 1.165) is 23.2 Å². The van der Waals surface area contributed by atoms with E-state index < -0.39 is 0 Å². The molecule has 2 aliphatic rings. The number of amides is 2. The SMILES string of the molecule is Cc1cccc(C(C)C)c1NC(=O)[C@@H]1CS[C@]2(C)CCC(=O)N12. The summed E-state index contributed by atoms with van der Waals surface area (Å²) in [5.74, 6) is 1.05. The number of thioether (sulfide) groups is 1. The van der Waals surface area contributed by atoms with Crippen LogP contribution in [0, 0.1) is 6.92 Å². The van der Waals surface area contributed by atoms with Crippen molar-refractivity contribution >= 4 is 29.3 Å². The average molecular weight is 332 g/mol. The molecule has 2 atom stereocenters. The molecule has 1 aromatic carbocycles. The highest BCUT2D eigenvalue weighted by molar-refractivity contribution is 8.01. The number of rotatable bonds is 3. The molecule has 2 amide bonds. The fourth-order valence-electron chi connectivity index (χ4n) is 3.56. The van der Waals surface area contributed by atoms with Crippen LogP contribution in [0.5, 0.6) is 0 Å². The molecule has 23 heavy (non-hydrogen) atoms. The van der Waals surface area contributed by atoms with Crippen LogP contribution >= 0.6 is 11.8 Å². The van der Waals surface area contributed by atoms with Crippen molar-refractivity contribution in [3.8, 4) is 0 Å². The number of fused-ring (bicyclic) bond motifs is 1. The van der Waals surface area contributed by atoms with Gasteiger partial charge >= 0.3 is 0 Å². The van der Waals surface area contributed by atoms with Crippen LogP contribution in [0.3, 0.4) is 0 Å². The molecule has 4 nitrogen and oxygen atoms in total. The van der Waals surface area contributed by atoms with Gasteiger partial charge in [0, 0.05) is 17.9 Å². The standard InChI is InChI=1S/C18H24N2O2S/c1-11(2)13-7-5-6-12(3)16(13)19-17(22)14-10-23-18(4)9-8-15(21)20(14)18/h5-7,11,14H,8-10H2,1-4H3,(H,19,22)/t14-,18+/m0/s1. The molecule has 0 saturated carbocycles. The first kappa shape index (κ1) is 16.4. The van der Waals surface area contributed by atoms with Gasteiger partial charge in [-0.3, -0.25) is 9.59 Å². The molecule has 0 bridgehead atoms. The van der Waals surface area contributed by atoms with E-state index in [2.05, 4.69) is 32.2 Å². The van der Waals surface area contributed by atoms with Gasteiger partial charge in [0.05, 0.1) is 4.87 Å². The molecular formula is C18H24N2O2S. The van der Waals surface area contributed by atoms with Gasteiger partial charge in [-0.25, -0.2) is 0 Å². The Labute approximate surface area is 142 Å². The summed E-state index contributed by atoms with van der Waals surface area (Å²) in [7, 11) is 0. The van der Waals surface area contributed by atoms with Gasteiger partial charge < -0.3 is 10.2 Å². The number of hydrogen-bond acceptors (Lipinski definition) is 3. The minimum atomic E-state index is -0.361. The fraction of sp³-hybridized carbons (Fsp3) is 0.556. The number of nitrogens with zero attached hydrogens (tertiary/aromatic N) is 1. The highest BCUT2D eigenvalue weighted by Crippen LogP contribution is 2.47. The molecule has 2 fully saturated rings. The van der Waals surface area contributed by atoms with E-state index in [4.69, 9.17) is 0 Å². The van der Waals surface area contributed by atoms with Gasteiger partial charge in [-0.2, -0.15) is 0 Å². The normalized spacial score (nSPS) is 26.7. The maximum Gasteiger partial charge on any atom is 0.248 e. The first-order chi connectivity index (χ1) is 10.8. The van der Waals surface area contributed by atoms with Gasteiger partial charge in [-0.05, 0) is 37.3 Å². The van der Waals surface area contributed by atoms with E-state index in [0.29, 0.717) is 18.1 Å². The molecule has 0 aromatic heterocycles. The predicted molar refractivity (Wildman–Crippen MR) is 94.6 cm³/mol. The van der Waals surface area contributed by atoms with Gasteiger partial charge in [-0.15, -0.1) is 11.8 Å². The number of benzene rings is 1. The molecule has 3 rings (SSSR count). The van der Waals surface area contributed by atoms with Crippen LogP contribution in [0.2, 0.25) is 0 Å². The molecule has 1 N–H and O–H groups in total. The maximum atomic E-state index is 12.9. The molecule has 0 spiro atoms. The third-order valence-corrected chi connectivity index (χ3v) is 6.43. The Balaban J connectivity index is 1.85. The first-order valence-corrected chi connectivity index (χ1v) is 9.18. The van der Waals surface area contributed by atoms with Crippen molar-refractivity contribution in [1.29, 1.82) is 0 Å². The zero-order valence-electron chi connectivity index (χ0n) is 14.2. The first-order valence-electron chi connectivity index (χ1n) is 8.20. The highest BCUT2D eigenvalue weighted by atomic mass is 32.2. The number of carbonyl (C=O) groups excluding carboxylic acids is 2. The van der Waals surface area contributed by atoms with E-state index >= 15 is 0 Å². The zero-order valence-corrected chi connectivity index (χ0v) is 15.0. The smallest absolute Gasteiger partial charge is 0.248 e. The number of nitrogens with one attached hydrogen (secondary N) is 1. The van der Waals surface area contributed by atoms with Crippen LogP contribution < -0.4 is 5.32 Å². The van der Waals surface area contributed by atoms with Crippen LogP contribution in [0.4, 0.5) is 5.69 Å². The molecule has 2 heterocycles. The van der Waals surface area contributed by atoms with E-state index in [-0.39, 0.29) is 22.7 Å². The summed E-state index contributed by atoms with van der Waals surface area (Å²) < 4.78 is 0. The van der Waals surface area contributed by atoms with Crippen molar-refractivity contribution in [2.24, 2.45) is 0 Å². The van der Waals surface area contributed by atoms with Gasteiger partial charge in [0.1, 0.15) is 6.04 Å². The van der Waals surface area contributed by atoms with Gasteiger partial charge in [0.2, 0.25) is 11.8 Å². The summed E-state index contributed by atoms with van der Waals surface area (Å²) in [6, 6.07) is 5.73. The summed E-state index contributed by atoms with van der Waals surface area (Å²) in [6.07, 6.45) is 1.39. The van der Waals surface area contributed by atoms with Crippen molar-refractivity contribution < 1.29 is 9.59 Å². The summed E-state index contributed by atoms with van der Waals surface area (Å²) in [4.78, 5) is 26.7. The lowest BCUT2D eigenvalue weighted by Gasteiger charge is -2.30. The number of aryl methyl sites for hydroxylation is 1.